The molecule has 0 saturated heterocycles. The van der Waals surface area contributed by atoms with Gasteiger partial charge in [0.1, 0.15) is 0 Å². The summed E-state index contributed by atoms with van der Waals surface area (Å²) in [5.74, 6) is 0. The molecule has 0 amide bonds. The van der Waals surface area contributed by atoms with Crippen molar-refractivity contribution >= 4 is 5.69 Å². The molecule has 1 saturated carbocycles. The van der Waals surface area contributed by atoms with Crippen molar-refractivity contribution in [3.8, 4) is 0 Å². The number of hydrogen-bond donors (Lipinski definition) is 1. The quantitative estimate of drug-likeness (QED) is 0.857. The molecular formula is C15H24N2. The van der Waals surface area contributed by atoms with Crippen LogP contribution in [0.5, 0.6) is 0 Å². The molecule has 17 heavy (non-hydrogen) atoms. The van der Waals surface area contributed by atoms with Crippen molar-refractivity contribution in [2.24, 2.45) is 0 Å². The monoisotopic (exact) mass is 232 g/mol. The van der Waals surface area contributed by atoms with Gasteiger partial charge in [0.25, 0.3) is 0 Å². The van der Waals surface area contributed by atoms with E-state index in [2.05, 4.69) is 48.6 Å². The van der Waals surface area contributed by atoms with Gasteiger partial charge >= 0.3 is 0 Å². The zero-order chi connectivity index (χ0) is 12.1. The molecule has 1 aromatic carbocycles. The Kier molecular flexibility index (Phi) is 4.43. The van der Waals surface area contributed by atoms with Crippen LogP contribution in [0, 0.1) is 0 Å². The zero-order valence-corrected chi connectivity index (χ0v) is 11.1. The standard InChI is InChI=1S/C15H24N2/c1-17(2)15-10-6-7-13(11-15)12-16-14-8-4-3-5-9-14/h6-7,10-11,14,16H,3-5,8-9,12H2,1-2H3. The van der Waals surface area contributed by atoms with Gasteiger partial charge in [-0.15, -0.1) is 0 Å². The Morgan fingerprint density at radius 3 is 2.65 bits per heavy atom. The maximum absolute atomic E-state index is 3.69. The third-order valence-electron chi connectivity index (χ3n) is 3.63. The fourth-order valence-electron chi connectivity index (χ4n) is 2.51. The summed E-state index contributed by atoms with van der Waals surface area (Å²) in [5, 5.41) is 3.69. The molecule has 0 spiro atoms. The van der Waals surface area contributed by atoms with E-state index in [1.54, 1.807) is 0 Å². The molecule has 0 unspecified atom stereocenters. The Bertz CT molecular complexity index is 341. The average Bonchev–Trinajstić information content (AvgIpc) is 2.38. The summed E-state index contributed by atoms with van der Waals surface area (Å²) in [7, 11) is 4.18. The molecule has 1 aromatic rings. The van der Waals surface area contributed by atoms with Gasteiger partial charge in [0.05, 0.1) is 0 Å². The van der Waals surface area contributed by atoms with Crippen LogP contribution in [0.1, 0.15) is 37.7 Å². The molecule has 2 nitrogen and oxygen atoms in total. The first-order valence-electron chi connectivity index (χ1n) is 6.75. The van der Waals surface area contributed by atoms with E-state index in [1.807, 2.05) is 0 Å². The van der Waals surface area contributed by atoms with Crippen LogP contribution in [0.25, 0.3) is 0 Å². The summed E-state index contributed by atoms with van der Waals surface area (Å²) in [6, 6.07) is 9.53. The van der Waals surface area contributed by atoms with Crippen LogP contribution in [0.3, 0.4) is 0 Å². The molecule has 0 radical (unpaired) electrons. The fourth-order valence-corrected chi connectivity index (χ4v) is 2.51. The lowest BCUT2D eigenvalue weighted by Crippen LogP contribution is -2.30. The highest BCUT2D eigenvalue weighted by atomic mass is 15.1. The molecule has 0 atom stereocenters. The SMILES string of the molecule is CN(C)c1cccc(CNC2CCCCC2)c1. The normalized spacial score (nSPS) is 17.1. The lowest BCUT2D eigenvalue weighted by molar-refractivity contribution is 0.372. The van der Waals surface area contributed by atoms with Crippen molar-refractivity contribution in [3.63, 3.8) is 0 Å². The molecule has 2 heteroatoms. The number of nitrogens with one attached hydrogen (secondary N) is 1. The molecule has 1 fully saturated rings. The summed E-state index contributed by atoms with van der Waals surface area (Å²) >= 11 is 0. The van der Waals surface area contributed by atoms with Gasteiger partial charge < -0.3 is 10.2 Å². The molecule has 0 heterocycles. The molecule has 0 aromatic heterocycles. The van der Waals surface area contributed by atoms with Gasteiger partial charge in [0.15, 0.2) is 0 Å². The first-order chi connectivity index (χ1) is 8.25. The number of benzene rings is 1. The minimum Gasteiger partial charge on any atom is -0.378 e. The van der Waals surface area contributed by atoms with Crippen molar-refractivity contribution < 1.29 is 0 Å². The second-order valence-corrected chi connectivity index (χ2v) is 5.28. The van der Waals surface area contributed by atoms with Crippen molar-refractivity contribution in [2.75, 3.05) is 19.0 Å². The predicted molar refractivity (Wildman–Crippen MR) is 74.5 cm³/mol. The lowest BCUT2D eigenvalue weighted by atomic mass is 9.95. The Morgan fingerprint density at radius 2 is 1.94 bits per heavy atom. The maximum atomic E-state index is 3.69. The van der Waals surface area contributed by atoms with Gasteiger partial charge in [-0.2, -0.15) is 0 Å². The Balaban J connectivity index is 1.87. The molecule has 1 aliphatic carbocycles. The van der Waals surface area contributed by atoms with Gasteiger partial charge in [0.2, 0.25) is 0 Å². The largest absolute Gasteiger partial charge is 0.378 e. The Hall–Kier alpha value is -1.02. The van der Waals surface area contributed by atoms with Gasteiger partial charge in [-0.3, -0.25) is 0 Å². The molecular weight excluding hydrogens is 208 g/mol. The van der Waals surface area contributed by atoms with Crippen molar-refractivity contribution in [1.29, 1.82) is 0 Å². The van der Waals surface area contributed by atoms with Crippen molar-refractivity contribution in [1.82, 2.24) is 5.32 Å². The molecule has 2 rings (SSSR count). The Morgan fingerprint density at radius 1 is 1.18 bits per heavy atom. The van der Waals surface area contributed by atoms with E-state index in [1.165, 1.54) is 43.4 Å². The minimum absolute atomic E-state index is 0.742. The van der Waals surface area contributed by atoms with Gasteiger partial charge in [0, 0.05) is 32.4 Å². The topological polar surface area (TPSA) is 15.3 Å². The second kappa shape index (κ2) is 6.06. The van der Waals surface area contributed by atoms with Gasteiger partial charge in [-0.1, -0.05) is 31.4 Å². The summed E-state index contributed by atoms with van der Waals surface area (Å²) in [6.07, 6.45) is 6.93. The molecule has 1 N–H and O–H groups in total. The number of anilines is 1. The van der Waals surface area contributed by atoms with Crippen LogP contribution in [0.2, 0.25) is 0 Å². The third kappa shape index (κ3) is 3.74. The summed E-state index contributed by atoms with van der Waals surface area (Å²) in [5.41, 5.74) is 2.68. The van der Waals surface area contributed by atoms with Gasteiger partial charge in [-0.05, 0) is 30.5 Å². The van der Waals surface area contributed by atoms with E-state index in [9.17, 15) is 0 Å². The van der Waals surface area contributed by atoms with Crippen molar-refractivity contribution in [3.05, 3.63) is 29.8 Å². The smallest absolute Gasteiger partial charge is 0.0364 e. The highest BCUT2D eigenvalue weighted by Crippen LogP contribution is 2.18. The average molecular weight is 232 g/mol. The molecule has 1 aliphatic rings. The molecule has 94 valence electrons. The first-order valence-corrected chi connectivity index (χ1v) is 6.75. The summed E-state index contributed by atoms with van der Waals surface area (Å²) in [6.45, 7) is 1.01. The van der Waals surface area contributed by atoms with Crippen LogP contribution in [-0.2, 0) is 6.54 Å². The number of hydrogen-bond acceptors (Lipinski definition) is 2. The minimum atomic E-state index is 0.742. The highest BCUT2D eigenvalue weighted by Gasteiger charge is 2.12. The number of nitrogens with zero attached hydrogens (tertiary/aromatic N) is 1. The van der Waals surface area contributed by atoms with Crippen LogP contribution in [-0.4, -0.2) is 20.1 Å². The van der Waals surface area contributed by atoms with E-state index in [0.29, 0.717) is 0 Å². The maximum Gasteiger partial charge on any atom is 0.0364 e. The molecule has 0 aliphatic heterocycles. The van der Waals surface area contributed by atoms with E-state index in [4.69, 9.17) is 0 Å². The zero-order valence-electron chi connectivity index (χ0n) is 11.1. The van der Waals surface area contributed by atoms with Crippen LogP contribution >= 0.6 is 0 Å². The van der Waals surface area contributed by atoms with Crippen LogP contribution in [0.4, 0.5) is 5.69 Å². The summed E-state index contributed by atoms with van der Waals surface area (Å²) in [4.78, 5) is 2.16. The van der Waals surface area contributed by atoms with Gasteiger partial charge in [-0.25, -0.2) is 0 Å². The first kappa shape index (κ1) is 12.4. The summed E-state index contributed by atoms with van der Waals surface area (Å²) < 4.78 is 0. The van der Waals surface area contributed by atoms with E-state index in [-0.39, 0.29) is 0 Å². The number of rotatable bonds is 4. The van der Waals surface area contributed by atoms with Crippen LogP contribution in [0.15, 0.2) is 24.3 Å². The highest BCUT2D eigenvalue weighted by molar-refractivity contribution is 5.47. The predicted octanol–water partition coefficient (Wildman–Crippen LogP) is 3.17. The molecule has 0 bridgehead atoms. The second-order valence-electron chi connectivity index (χ2n) is 5.28. The third-order valence-corrected chi connectivity index (χ3v) is 3.63. The lowest BCUT2D eigenvalue weighted by Gasteiger charge is -2.23. The van der Waals surface area contributed by atoms with E-state index < -0.39 is 0 Å². The van der Waals surface area contributed by atoms with E-state index >= 15 is 0 Å². The Labute approximate surface area is 105 Å². The van der Waals surface area contributed by atoms with Crippen molar-refractivity contribution in [2.45, 2.75) is 44.7 Å². The van der Waals surface area contributed by atoms with Crippen LogP contribution < -0.4 is 10.2 Å². The fraction of sp³-hybridized carbons (Fsp3) is 0.600. The van der Waals surface area contributed by atoms with E-state index in [0.717, 1.165) is 12.6 Å².